The van der Waals surface area contributed by atoms with Crippen molar-refractivity contribution in [2.24, 2.45) is 5.92 Å². The highest BCUT2D eigenvalue weighted by Crippen LogP contribution is 2.26. The number of nitrogens with zero attached hydrogens (tertiary/aromatic N) is 1. The molecule has 88 valence electrons. The molecule has 0 unspecified atom stereocenters. The minimum absolute atomic E-state index is 0.289. The highest BCUT2D eigenvalue weighted by atomic mass is 16.2. The average molecular weight is 222 g/mol. The molecule has 0 spiro atoms. The molecule has 1 aliphatic rings. The van der Waals surface area contributed by atoms with E-state index in [1.165, 1.54) is 38.2 Å². The maximum absolute atomic E-state index is 11.4. The molecular formula is C12H18N2O2. The van der Waals surface area contributed by atoms with Gasteiger partial charge < -0.3 is 4.57 Å². The summed E-state index contributed by atoms with van der Waals surface area (Å²) >= 11 is 0. The van der Waals surface area contributed by atoms with Crippen molar-refractivity contribution in [2.75, 3.05) is 0 Å². The van der Waals surface area contributed by atoms with Crippen LogP contribution >= 0.6 is 0 Å². The smallest absolute Gasteiger partial charge is 0.301 e. The van der Waals surface area contributed by atoms with E-state index in [9.17, 15) is 9.59 Å². The van der Waals surface area contributed by atoms with E-state index in [-0.39, 0.29) is 11.2 Å². The van der Waals surface area contributed by atoms with Crippen LogP contribution in [0, 0.1) is 5.92 Å². The Hall–Kier alpha value is -1.32. The zero-order valence-electron chi connectivity index (χ0n) is 9.45. The van der Waals surface area contributed by atoms with Gasteiger partial charge in [-0.1, -0.05) is 32.1 Å². The summed E-state index contributed by atoms with van der Waals surface area (Å²) in [5.74, 6) is 0.757. The van der Waals surface area contributed by atoms with Crippen LogP contribution in [0.25, 0.3) is 0 Å². The van der Waals surface area contributed by atoms with E-state index in [2.05, 4.69) is 4.98 Å². The fourth-order valence-electron chi connectivity index (χ4n) is 2.42. The van der Waals surface area contributed by atoms with E-state index >= 15 is 0 Å². The lowest BCUT2D eigenvalue weighted by Crippen LogP contribution is -2.29. The van der Waals surface area contributed by atoms with Crippen molar-refractivity contribution in [3.05, 3.63) is 33.1 Å². The Morgan fingerprint density at radius 3 is 2.69 bits per heavy atom. The molecule has 0 saturated heterocycles. The Morgan fingerprint density at radius 1 is 1.25 bits per heavy atom. The van der Waals surface area contributed by atoms with Crippen LogP contribution in [0.15, 0.2) is 21.9 Å². The van der Waals surface area contributed by atoms with Gasteiger partial charge in [-0.3, -0.25) is 9.78 Å². The van der Waals surface area contributed by atoms with E-state index in [0.717, 1.165) is 18.9 Å². The maximum atomic E-state index is 11.4. The summed E-state index contributed by atoms with van der Waals surface area (Å²) in [6.07, 6.45) is 9.22. The Labute approximate surface area is 94.3 Å². The lowest BCUT2D eigenvalue weighted by atomic mass is 9.87. The fraction of sp³-hybridized carbons (Fsp3) is 0.667. The third-order valence-electron chi connectivity index (χ3n) is 3.40. The molecule has 4 nitrogen and oxygen atoms in total. The molecular weight excluding hydrogens is 204 g/mol. The normalized spacial score (nSPS) is 17.5. The fourth-order valence-corrected chi connectivity index (χ4v) is 2.42. The predicted octanol–water partition coefficient (Wildman–Crippen LogP) is 1.51. The second-order valence-electron chi connectivity index (χ2n) is 4.60. The van der Waals surface area contributed by atoms with E-state index < -0.39 is 0 Å². The van der Waals surface area contributed by atoms with E-state index in [4.69, 9.17) is 0 Å². The number of nitrogens with one attached hydrogen (secondary N) is 1. The lowest BCUT2D eigenvalue weighted by Gasteiger charge is -2.21. The SMILES string of the molecule is O=c1ccn(CCC2CCCCC2)c(=O)[nH]1. The standard InChI is InChI=1S/C12H18N2O2/c15-11-7-9-14(12(16)13-11)8-6-10-4-2-1-3-5-10/h7,9-10H,1-6,8H2,(H,13,15,16). The molecule has 0 bridgehead atoms. The van der Waals surface area contributed by atoms with Gasteiger partial charge in [0.25, 0.3) is 5.56 Å². The van der Waals surface area contributed by atoms with Crippen LogP contribution < -0.4 is 11.2 Å². The topological polar surface area (TPSA) is 54.9 Å². The van der Waals surface area contributed by atoms with Gasteiger partial charge in [0.05, 0.1) is 0 Å². The Kier molecular flexibility index (Phi) is 3.59. The molecule has 1 aliphatic carbocycles. The van der Waals surface area contributed by atoms with Gasteiger partial charge in [-0.25, -0.2) is 4.79 Å². The van der Waals surface area contributed by atoms with Crippen LogP contribution in [0.3, 0.4) is 0 Å². The first-order valence-corrected chi connectivity index (χ1v) is 6.05. The molecule has 1 fully saturated rings. The average Bonchev–Trinajstić information content (AvgIpc) is 2.29. The summed E-state index contributed by atoms with van der Waals surface area (Å²) in [5, 5.41) is 0. The second kappa shape index (κ2) is 5.14. The molecule has 1 heterocycles. The quantitative estimate of drug-likeness (QED) is 0.842. The zero-order chi connectivity index (χ0) is 11.4. The first-order chi connectivity index (χ1) is 7.75. The van der Waals surface area contributed by atoms with Crippen LogP contribution in [-0.2, 0) is 6.54 Å². The van der Waals surface area contributed by atoms with Crippen LogP contribution in [0.2, 0.25) is 0 Å². The monoisotopic (exact) mass is 222 g/mol. The largest absolute Gasteiger partial charge is 0.328 e. The van der Waals surface area contributed by atoms with Gasteiger partial charge in [-0.2, -0.15) is 0 Å². The van der Waals surface area contributed by atoms with Gasteiger partial charge in [0, 0.05) is 18.8 Å². The van der Waals surface area contributed by atoms with Crippen molar-refractivity contribution in [3.63, 3.8) is 0 Å². The van der Waals surface area contributed by atoms with Gasteiger partial charge in [-0.05, 0) is 12.3 Å². The minimum Gasteiger partial charge on any atom is -0.301 e. The van der Waals surface area contributed by atoms with Gasteiger partial charge in [0.1, 0.15) is 0 Å². The highest BCUT2D eigenvalue weighted by Gasteiger charge is 2.13. The Bertz CT molecular complexity index is 441. The van der Waals surface area contributed by atoms with E-state index in [0.29, 0.717) is 0 Å². The molecule has 1 saturated carbocycles. The molecule has 4 heteroatoms. The van der Waals surface area contributed by atoms with Crippen LogP contribution in [0.1, 0.15) is 38.5 Å². The van der Waals surface area contributed by atoms with Crippen molar-refractivity contribution in [3.8, 4) is 0 Å². The van der Waals surface area contributed by atoms with Gasteiger partial charge in [0.2, 0.25) is 0 Å². The van der Waals surface area contributed by atoms with Crippen molar-refractivity contribution in [2.45, 2.75) is 45.1 Å². The molecule has 0 aliphatic heterocycles. The number of rotatable bonds is 3. The molecule has 16 heavy (non-hydrogen) atoms. The van der Waals surface area contributed by atoms with Gasteiger partial charge >= 0.3 is 5.69 Å². The molecule has 0 radical (unpaired) electrons. The summed E-state index contributed by atoms with van der Waals surface area (Å²) < 4.78 is 1.59. The molecule has 0 atom stereocenters. The number of hydrogen-bond acceptors (Lipinski definition) is 2. The molecule has 1 aromatic rings. The number of H-pyrrole nitrogens is 1. The summed E-state index contributed by atoms with van der Waals surface area (Å²) in [6.45, 7) is 0.722. The van der Waals surface area contributed by atoms with E-state index in [1.54, 1.807) is 10.8 Å². The first-order valence-electron chi connectivity index (χ1n) is 6.05. The summed E-state index contributed by atoms with van der Waals surface area (Å²) in [6, 6.07) is 1.41. The van der Waals surface area contributed by atoms with Crippen molar-refractivity contribution in [1.82, 2.24) is 9.55 Å². The predicted molar refractivity (Wildman–Crippen MR) is 62.5 cm³/mol. The lowest BCUT2D eigenvalue weighted by molar-refractivity contribution is 0.322. The van der Waals surface area contributed by atoms with Gasteiger partial charge in [0.15, 0.2) is 0 Å². The second-order valence-corrected chi connectivity index (χ2v) is 4.60. The molecule has 1 aromatic heterocycles. The number of aryl methyl sites for hydroxylation is 1. The van der Waals surface area contributed by atoms with E-state index in [1.807, 2.05) is 0 Å². The molecule has 2 rings (SSSR count). The molecule has 1 N–H and O–H groups in total. The summed E-state index contributed by atoms with van der Waals surface area (Å²) in [7, 11) is 0. The van der Waals surface area contributed by atoms with Crippen LogP contribution in [0.4, 0.5) is 0 Å². The van der Waals surface area contributed by atoms with Crippen molar-refractivity contribution in [1.29, 1.82) is 0 Å². The number of hydrogen-bond donors (Lipinski definition) is 1. The zero-order valence-corrected chi connectivity index (χ0v) is 9.45. The summed E-state index contributed by atoms with van der Waals surface area (Å²) in [4.78, 5) is 24.6. The highest BCUT2D eigenvalue weighted by molar-refractivity contribution is 4.82. The van der Waals surface area contributed by atoms with Gasteiger partial charge in [-0.15, -0.1) is 0 Å². The maximum Gasteiger partial charge on any atom is 0.328 e. The van der Waals surface area contributed by atoms with Crippen LogP contribution in [0.5, 0.6) is 0 Å². The Balaban J connectivity index is 1.93. The van der Waals surface area contributed by atoms with Crippen molar-refractivity contribution >= 4 is 0 Å². The third kappa shape index (κ3) is 2.84. The first kappa shape index (κ1) is 11.2. The molecule has 0 amide bonds. The number of aromatic amines is 1. The Morgan fingerprint density at radius 2 is 2.00 bits per heavy atom. The summed E-state index contributed by atoms with van der Waals surface area (Å²) in [5.41, 5.74) is -0.609. The molecule has 0 aromatic carbocycles. The third-order valence-corrected chi connectivity index (χ3v) is 3.40. The number of aromatic nitrogens is 2. The minimum atomic E-state index is -0.320. The van der Waals surface area contributed by atoms with Crippen LogP contribution in [-0.4, -0.2) is 9.55 Å². The van der Waals surface area contributed by atoms with Crippen molar-refractivity contribution < 1.29 is 0 Å².